The molecule has 81 heavy (non-hydrogen) atoms. The lowest BCUT2D eigenvalue weighted by molar-refractivity contribution is -0.144. The minimum Gasteiger partial charge on any atom is -0.508 e. The van der Waals surface area contributed by atoms with E-state index in [0.717, 1.165) is 34.5 Å². The number of aliphatic hydroxyl groups excluding tert-OH is 1. The summed E-state index contributed by atoms with van der Waals surface area (Å²) in [5.41, 5.74) is 4.32. The maximum Gasteiger partial charge on any atom is 0.319 e. The molecule has 6 aromatic rings. The number of rotatable bonds is 18. The summed E-state index contributed by atoms with van der Waals surface area (Å²) in [6.07, 6.45) is 1.99. The Morgan fingerprint density at radius 1 is 1.00 bits per heavy atom. The third kappa shape index (κ3) is 13.2. The molecule has 3 aliphatic rings. The van der Waals surface area contributed by atoms with Crippen LogP contribution < -0.4 is 20.3 Å². The van der Waals surface area contributed by atoms with E-state index < -0.39 is 47.3 Å². The molecule has 4 amide bonds. The van der Waals surface area contributed by atoms with Crippen molar-refractivity contribution in [1.29, 1.82) is 5.26 Å². The average Bonchev–Trinajstić information content (AvgIpc) is 3.96. The number of nitrogens with zero attached hydrogens (tertiary/aromatic N) is 8. The molecule has 0 bridgehead atoms. The molecule has 4 aromatic carbocycles. The van der Waals surface area contributed by atoms with E-state index in [1.165, 1.54) is 17.0 Å². The van der Waals surface area contributed by atoms with Crippen LogP contribution in [0.1, 0.15) is 70.7 Å². The lowest BCUT2D eigenvalue weighted by Gasteiger charge is -2.41. The number of aryl methyl sites for hydroxylation is 1. The Balaban J connectivity index is 0.795. The Hall–Kier alpha value is -7.28. The normalized spacial score (nSPS) is 18.9. The van der Waals surface area contributed by atoms with Gasteiger partial charge in [-0.3, -0.25) is 24.1 Å². The number of anilines is 1. The van der Waals surface area contributed by atoms with Gasteiger partial charge in [0.05, 0.1) is 58.4 Å². The summed E-state index contributed by atoms with van der Waals surface area (Å²) in [5, 5.41) is 38.8. The number of likely N-dealkylation sites (tertiary alicyclic amines) is 2. The first-order chi connectivity index (χ1) is 38.8. The van der Waals surface area contributed by atoms with Crippen molar-refractivity contribution in [3.63, 3.8) is 0 Å². The molecule has 0 radical (unpaired) electrons. The molecular formula is C60H68ClFN10O8S. The fourth-order valence-corrected chi connectivity index (χ4v) is 12.2. The highest BCUT2D eigenvalue weighted by Crippen LogP contribution is 2.43. The number of carbonyl (C=O) groups excluding carboxylic acids is 4. The number of nitrogens with one attached hydrogen (secondary N) is 2. The zero-order chi connectivity index (χ0) is 57.7. The predicted octanol–water partition coefficient (Wildman–Crippen LogP) is 7.97. The van der Waals surface area contributed by atoms with E-state index in [-0.39, 0.29) is 97.3 Å². The maximum atomic E-state index is 17.2. The number of aliphatic hydroxyl groups is 1. The Labute approximate surface area is 479 Å². The Kier molecular flexibility index (Phi) is 18.2. The molecule has 3 saturated heterocycles. The van der Waals surface area contributed by atoms with Gasteiger partial charge in [0.2, 0.25) is 23.6 Å². The maximum absolute atomic E-state index is 17.2. The van der Waals surface area contributed by atoms with Gasteiger partial charge >= 0.3 is 6.01 Å². The molecule has 0 saturated carbocycles. The highest BCUT2D eigenvalue weighted by Gasteiger charge is 2.45. The molecule has 21 heteroatoms. The van der Waals surface area contributed by atoms with Gasteiger partial charge in [0.25, 0.3) is 0 Å². The van der Waals surface area contributed by atoms with Crippen LogP contribution in [0.5, 0.6) is 11.8 Å². The number of aromatic nitrogens is 3. The lowest BCUT2D eigenvalue weighted by atomic mass is 9.85. The number of halogens is 2. The van der Waals surface area contributed by atoms with Crippen molar-refractivity contribution in [3.05, 3.63) is 107 Å². The Morgan fingerprint density at radius 3 is 2.46 bits per heavy atom. The van der Waals surface area contributed by atoms with Gasteiger partial charge in [-0.2, -0.15) is 15.2 Å². The van der Waals surface area contributed by atoms with Gasteiger partial charge in [-0.05, 0) is 103 Å². The lowest BCUT2D eigenvalue weighted by Crippen LogP contribution is -2.58. The zero-order valence-electron chi connectivity index (χ0n) is 46.2. The van der Waals surface area contributed by atoms with Crippen molar-refractivity contribution in [2.24, 2.45) is 11.3 Å². The molecule has 0 unspecified atom stereocenters. The number of piperazine rings is 1. The second-order valence-electron chi connectivity index (χ2n) is 22.2. The third-order valence-corrected chi connectivity index (χ3v) is 16.8. The summed E-state index contributed by atoms with van der Waals surface area (Å²) < 4.78 is 29.4. The minimum atomic E-state index is -1.00. The molecule has 0 aliphatic carbocycles. The fraction of sp³-hybridized carbons (Fsp3) is 0.433. The summed E-state index contributed by atoms with van der Waals surface area (Å²) >= 11 is 8.51. The SMILES string of the molecule is C=CC(=O)N1CCN(c2nc(OCCN3CCC(COCC(=O)N[C@H](C(=O)N4C[C@@H](O)C[C@H]4C(=O)N[C@@H](C)c4ccc(-c5scnc5C)cc4)C(C)(C)C)CC3)nc3c(F)c(-c4cc(O)cc5ccccc45)c(Cl)cc23)C[C@@H]1CC#N. The first-order valence-corrected chi connectivity index (χ1v) is 28.6. The Bertz CT molecular complexity index is 3360. The van der Waals surface area contributed by atoms with E-state index in [1.54, 1.807) is 28.4 Å². The number of benzene rings is 4. The van der Waals surface area contributed by atoms with E-state index in [0.29, 0.717) is 60.3 Å². The van der Waals surface area contributed by atoms with Crippen molar-refractivity contribution < 1.29 is 43.3 Å². The van der Waals surface area contributed by atoms with E-state index in [2.05, 4.69) is 38.1 Å². The van der Waals surface area contributed by atoms with Crippen LogP contribution in [0, 0.1) is 35.4 Å². The number of hydrogen-bond acceptors (Lipinski definition) is 15. The summed E-state index contributed by atoms with van der Waals surface area (Å²) in [4.78, 5) is 76.2. The number of thiazole rings is 1. The largest absolute Gasteiger partial charge is 0.508 e. The second-order valence-corrected chi connectivity index (χ2v) is 23.5. The predicted molar refractivity (Wildman–Crippen MR) is 309 cm³/mol. The number of carbonyl (C=O) groups is 4. The number of β-amino-alcohol motifs (C(OH)–C–C–N with tert-alkyl or cyclic N) is 1. The van der Waals surface area contributed by atoms with Crippen LogP contribution in [-0.2, 0) is 23.9 Å². The third-order valence-electron chi connectivity index (χ3n) is 15.5. The molecule has 3 aliphatic heterocycles. The number of fused-ring (bicyclic) bond motifs is 2. The summed E-state index contributed by atoms with van der Waals surface area (Å²) in [5.74, 6) is -1.91. The number of phenols is 1. The number of amides is 4. The van der Waals surface area contributed by atoms with E-state index in [9.17, 15) is 34.7 Å². The molecular weight excluding hydrogens is 1080 g/mol. The topological polar surface area (TPSA) is 227 Å². The minimum absolute atomic E-state index is 0.0436. The summed E-state index contributed by atoms with van der Waals surface area (Å²) in [6, 6.07) is 19.1. The fourth-order valence-electron chi connectivity index (χ4n) is 11.1. The van der Waals surface area contributed by atoms with Crippen molar-refractivity contribution in [2.45, 2.75) is 90.6 Å². The number of phenolic OH excluding ortho intramolecular Hbond substituents is 1. The van der Waals surface area contributed by atoms with E-state index in [4.69, 9.17) is 26.1 Å². The second kappa shape index (κ2) is 25.2. The Morgan fingerprint density at radius 2 is 1.75 bits per heavy atom. The van der Waals surface area contributed by atoms with Crippen molar-refractivity contribution >= 4 is 74.1 Å². The average molecular weight is 1140 g/mol. The van der Waals surface area contributed by atoms with Crippen LogP contribution in [0.4, 0.5) is 10.2 Å². The molecule has 5 atom stereocenters. The first kappa shape index (κ1) is 58.4. The molecule has 9 rings (SSSR count). The van der Waals surface area contributed by atoms with E-state index >= 15 is 4.39 Å². The van der Waals surface area contributed by atoms with Gasteiger partial charge in [-0.25, -0.2) is 9.37 Å². The zero-order valence-corrected chi connectivity index (χ0v) is 47.7. The molecule has 2 aromatic heterocycles. The van der Waals surface area contributed by atoms with Crippen molar-refractivity contribution in [2.75, 3.05) is 70.5 Å². The summed E-state index contributed by atoms with van der Waals surface area (Å²) in [6.45, 7) is 15.9. The van der Waals surface area contributed by atoms with Crippen molar-refractivity contribution in [3.8, 4) is 39.4 Å². The molecule has 0 spiro atoms. The van der Waals surface area contributed by atoms with Gasteiger partial charge in [0.1, 0.15) is 42.4 Å². The van der Waals surface area contributed by atoms with Gasteiger partial charge < -0.3 is 45.0 Å². The van der Waals surface area contributed by atoms with Gasteiger partial charge in [-0.1, -0.05) is 87.5 Å². The highest BCUT2D eigenvalue weighted by molar-refractivity contribution is 7.13. The van der Waals surface area contributed by atoms with Gasteiger partial charge in [0.15, 0.2) is 5.82 Å². The summed E-state index contributed by atoms with van der Waals surface area (Å²) in [7, 11) is 0. The number of hydrogen-bond donors (Lipinski definition) is 4. The molecule has 18 nitrogen and oxygen atoms in total. The van der Waals surface area contributed by atoms with Crippen LogP contribution in [-0.4, -0.2) is 153 Å². The van der Waals surface area contributed by atoms with Crippen LogP contribution >= 0.6 is 22.9 Å². The van der Waals surface area contributed by atoms with Crippen LogP contribution in [0.25, 0.3) is 43.2 Å². The highest BCUT2D eigenvalue weighted by atomic mass is 35.5. The number of nitriles is 1. The number of ether oxygens (including phenoxy) is 2. The standard InChI is InChI=1S/C60H68ClFN10O8S/c1-7-50(76)71-23-22-70(30-41(71)16-19-63)56-46-29-47(61)51(45-27-42(73)26-40-10-8-9-11-44(40)45)52(62)53(46)67-59(68-56)80-25-24-69-20-17-37(18-21-69)32-79-33-49(75)66-55(60(4,5)6)58(78)72-31-43(74)28-48(72)57(77)65-35(2)38-12-14-39(15-13-38)54-36(3)64-34-81-54/h7-15,26-27,29,34-35,37,41,43,48,55,73-74H,1,16-18,20-25,28,30-33H2,2-6H3,(H,65,77)(H,66,75)/t35-,41-,43-,48-,55+/m0/s1. The van der Waals surface area contributed by atoms with Gasteiger partial charge in [-0.15, -0.1) is 11.3 Å². The monoisotopic (exact) mass is 1140 g/mol. The number of piperidine rings is 1. The molecule has 3 fully saturated rings. The molecule has 4 N–H and O–H groups in total. The first-order valence-electron chi connectivity index (χ1n) is 27.3. The van der Waals surface area contributed by atoms with Crippen LogP contribution in [0.15, 0.2) is 84.9 Å². The van der Waals surface area contributed by atoms with Crippen LogP contribution in [0.3, 0.4) is 0 Å². The van der Waals surface area contributed by atoms with Gasteiger partial charge in [0, 0.05) is 50.1 Å². The molecule has 5 heterocycles. The van der Waals surface area contributed by atoms with E-state index in [1.807, 2.05) is 93.6 Å². The quantitative estimate of drug-likeness (QED) is 0.0599. The van der Waals surface area contributed by atoms with Crippen molar-refractivity contribution in [1.82, 2.24) is 40.3 Å². The molecule has 426 valence electrons. The van der Waals surface area contributed by atoms with Crippen LogP contribution in [0.2, 0.25) is 5.02 Å². The smallest absolute Gasteiger partial charge is 0.319 e. The number of aromatic hydroxyl groups is 1.